The lowest BCUT2D eigenvalue weighted by Gasteiger charge is -2.33. The fraction of sp³-hybridized carbons (Fsp3) is 0.579. The fourth-order valence-electron chi connectivity index (χ4n) is 3.13. The highest BCUT2D eigenvalue weighted by Gasteiger charge is 2.24. The van der Waals surface area contributed by atoms with Crippen LogP contribution in [0.25, 0.3) is 0 Å². The summed E-state index contributed by atoms with van der Waals surface area (Å²) in [5, 5.41) is 2.98. The number of likely N-dealkylation sites (tertiary alicyclic amines) is 1. The Bertz CT molecular complexity index is 559. The molecular formula is C19H28N2O3. The molecule has 0 radical (unpaired) electrons. The lowest BCUT2D eigenvalue weighted by molar-refractivity contribution is -0.121. The zero-order valence-corrected chi connectivity index (χ0v) is 14.7. The molecule has 0 unspecified atom stereocenters. The first-order valence-corrected chi connectivity index (χ1v) is 8.78. The highest BCUT2D eigenvalue weighted by molar-refractivity contribution is 5.94. The van der Waals surface area contributed by atoms with Gasteiger partial charge in [0.15, 0.2) is 0 Å². The normalized spacial score (nSPS) is 17.6. The van der Waals surface area contributed by atoms with Gasteiger partial charge in [0.1, 0.15) is 0 Å². The van der Waals surface area contributed by atoms with Crippen molar-refractivity contribution in [2.75, 3.05) is 26.7 Å². The smallest absolute Gasteiger partial charge is 0.253 e. The number of carbonyl (C=O) groups is 2. The van der Waals surface area contributed by atoms with Crippen LogP contribution in [0.5, 0.6) is 0 Å². The minimum atomic E-state index is 0.0672. The second-order valence-electron chi connectivity index (χ2n) is 6.45. The second kappa shape index (κ2) is 9.42. The van der Waals surface area contributed by atoms with Crippen LogP contribution < -0.4 is 5.32 Å². The Morgan fingerprint density at radius 3 is 2.96 bits per heavy atom. The number of nitrogens with zero attached hydrogens (tertiary/aromatic N) is 1. The molecule has 1 heterocycles. The molecule has 5 heteroatoms. The molecule has 0 saturated carbocycles. The van der Waals surface area contributed by atoms with Crippen LogP contribution >= 0.6 is 0 Å². The monoisotopic (exact) mass is 332 g/mol. The molecular weight excluding hydrogens is 304 g/mol. The third-order valence-corrected chi connectivity index (χ3v) is 4.36. The Morgan fingerprint density at radius 2 is 2.21 bits per heavy atom. The van der Waals surface area contributed by atoms with Gasteiger partial charge in [-0.25, -0.2) is 0 Å². The maximum absolute atomic E-state index is 12.7. The largest absolute Gasteiger partial charge is 0.380 e. The van der Waals surface area contributed by atoms with Crippen LogP contribution in [-0.2, 0) is 16.1 Å². The van der Waals surface area contributed by atoms with Crippen LogP contribution in [0, 0.1) is 5.92 Å². The van der Waals surface area contributed by atoms with E-state index in [2.05, 4.69) is 5.32 Å². The molecule has 1 aromatic rings. The highest BCUT2D eigenvalue weighted by Crippen LogP contribution is 2.19. The van der Waals surface area contributed by atoms with E-state index in [1.54, 1.807) is 7.11 Å². The van der Waals surface area contributed by atoms with Crippen molar-refractivity contribution in [3.63, 3.8) is 0 Å². The molecule has 132 valence electrons. The molecule has 1 saturated heterocycles. The first-order chi connectivity index (χ1) is 11.6. The summed E-state index contributed by atoms with van der Waals surface area (Å²) in [6, 6.07) is 7.61. The molecule has 1 fully saturated rings. The molecule has 1 aliphatic rings. The third-order valence-electron chi connectivity index (χ3n) is 4.36. The van der Waals surface area contributed by atoms with Crippen LogP contribution in [0.15, 0.2) is 24.3 Å². The van der Waals surface area contributed by atoms with E-state index in [9.17, 15) is 9.59 Å². The average molecular weight is 332 g/mol. The number of methoxy groups -OCH3 is 1. The third kappa shape index (κ3) is 5.34. The topological polar surface area (TPSA) is 58.6 Å². The van der Waals surface area contributed by atoms with E-state index >= 15 is 0 Å². The number of nitrogens with one attached hydrogen (secondary N) is 1. The Labute approximate surface area is 144 Å². The molecule has 2 amide bonds. The first kappa shape index (κ1) is 18.5. The molecule has 2 rings (SSSR count). The predicted octanol–water partition coefficient (Wildman–Crippen LogP) is 2.60. The quantitative estimate of drug-likeness (QED) is 0.835. The Hall–Kier alpha value is -1.88. The summed E-state index contributed by atoms with van der Waals surface area (Å²) in [4.78, 5) is 26.3. The first-order valence-electron chi connectivity index (χ1n) is 8.78. The molecule has 1 aromatic carbocycles. The Morgan fingerprint density at radius 1 is 1.38 bits per heavy atom. The van der Waals surface area contributed by atoms with Crippen molar-refractivity contribution in [2.45, 2.75) is 39.2 Å². The van der Waals surface area contributed by atoms with Gasteiger partial charge in [-0.3, -0.25) is 9.59 Å². The van der Waals surface area contributed by atoms with Crippen molar-refractivity contribution in [3.05, 3.63) is 35.4 Å². The maximum Gasteiger partial charge on any atom is 0.253 e. The molecule has 0 aromatic heterocycles. The average Bonchev–Trinajstić information content (AvgIpc) is 2.60. The molecule has 24 heavy (non-hydrogen) atoms. The second-order valence-corrected chi connectivity index (χ2v) is 6.45. The van der Waals surface area contributed by atoms with Crippen LogP contribution in [0.4, 0.5) is 0 Å². The van der Waals surface area contributed by atoms with Crippen molar-refractivity contribution in [2.24, 2.45) is 5.92 Å². The minimum Gasteiger partial charge on any atom is -0.380 e. The predicted molar refractivity (Wildman–Crippen MR) is 93.7 cm³/mol. The van der Waals surface area contributed by atoms with Gasteiger partial charge in [-0.1, -0.05) is 19.1 Å². The van der Waals surface area contributed by atoms with Gasteiger partial charge >= 0.3 is 0 Å². The molecule has 0 aliphatic carbocycles. The summed E-state index contributed by atoms with van der Waals surface area (Å²) < 4.78 is 5.13. The Balaban J connectivity index is 1.92. The number of carbonyl (C=O) groups excluding carboxylic acids is 2. The maximum atomic E-state index is 12.7. The fourth-order valence-corrected chi connectivity index (χ4v) is 3.13. The van der Waals surface area contributed by atoms with Crippen molar-refractivity contribution in [1.29, 1.82) is 0 Å². The van der Waals surface area contributed by atoms with Gasteiger partial charge < -0.3 is 15.0 Å². The number of rotatable bonds is 7. The lowest BCUT2D eigenvalue weighted by Crippen LogP contribution is -2.43. The molecule has 1 N–H and O–H groups in total. The van der Waals surface area contributed by atoms with Crippen molar-refractivity contribution in [3.8, 4) is 0 Å². The van der Waals surface area contributed by atoms with E-state index in [-0.39, 0.29) is 11.8 Å². The van der Waals surface area contributed by atoms with Crippen LogP contribution in [-0.4, -0.2) is 43.5 Å². The van der Waals surface area contributed by atoms with E-state index in [0.29, 0.717) is 37.6 Å². The Kier molecular flexibility index (Phi) is 7.25. The van der Waals surface area contributed by atoms with Crippen molar-refractivity contribution < 1.29 is 14.3 Å². The number of benzene rings is 1. The number of hydrogen-bond donors (Lipinski definition) is 1. The SMILES string of the molecule is CCCC(=O)NC[C@H]1CCCN(C(=O)c2cccc(COC)c2)C1. The highest BCUT2D eigenvalue weighted by atomic mass is 16.5. The van der Waals surface area contributed by atoms with Gasteiger partial charge in [0.25, 0.3) is 5.91 Å². The molecule has 1 atom stereocenters. The van der Waals surface area contributed by atoms with Gasteiger partial charge in [0.2, 0.25) is 5.91 Å². The van der Waals surface area contributed by atoms with Gasteiger partial charge in [0, 0.05) is 38.7 Å². The number of piperidine rings is 1. The standard InChI is InChI=1S/C19H28N2O3/c1-3-6-18(22)20-12-16-8-5-10-21(13-16)19(23)17-9-4-7-15(11-17)14-24-2/h4,7,9,11,16H,3,5-6,8,10,12-14H2,1-2H3,(H,20,22)/t16-/m1/s1. The summed E-state index contributed by atoms with van der Waals surface area (Å²) in [6.07, 6.45) is 3.47. The molecule has 0 spiro atoms. The summed E-state index contributed by atoms with van der Waals surface area (Å²) in [6.45, 7) is 4.66. The van der Waals surface area contributed by atoms with E-state index in [4.69, 9.17) is 4.74 Å². The number of hydrogen-bond acceptors (Lipinski definition) is 3. The molecule has 1 aliphatic heterocycles. The van der Waals surface area contributed by atoms with Gasteiger partial charge in [-0.2, -0.15) is 0 Å². The summed E-state index contributed by atoms with van der Waals surface area (Å²) in [5.41, 5.74) is 1.71. The molecule has 5 nitrogen and oxygen atoms in total. The van der Waals surface area contributed by atoms with E-state index in [1.807, 2.05) is 36.1 Å². The van der Waals surface area contributed by atoms with Gasteiger partial charge in [0.05, 0.1) is 6.61 Å². The van der Waals surface area contributed by atoms with Gasteiger partial charge in [-0.05, 0) is 42.9 Å². The van der Waals surface area contributed by atoms with E-state index in [0.717, 1.165) is 31.4 Å². The minimum absolute atomic E-state index is 0.0672. The summed E-state index contributed by atoms with van der Waals surface area (Å²) >= 11 is 0. The summed E-state index contributed by atoms with van der Waals surface area (Å²) in [7, 11) is 1.65. The van der Waals surface area contributed by atoms with Gasteiger partial charge in [-0.15, -0.1) is 0 Å². The lowest BCUT2D eigenvalue weighted by atomic mass is 9.97. The molecule has 0 bridgehead atoms. The summed E-state index contributed by atoms with van der Waals surface area (Å²) in [5.74, 6) is 0.511. The number of amides is 2. The number of ether oxygens (including phenoxy) is 1. The van der Waals surface area contributed by atoms with E-state index in [1.165, 1.54) is 0 Å². The van der Waals surface area contributed by atoms with Crippen molar-refractivity contribution in [1.82, 2.24) is 10.2 Å². The zero-order valence-electron chi connectivity index (χ0n) is 14.7. The van der Waals surface area contributed by atoms with Crippen LogP contribution in [0.3, 0.4) is 0 Å². The zero-order chi connectivity index (χ0) is 17.4. The van der Waals surface area contributed by atoms with E-state index < -0.39 is 0 Å². The van der Waals surface area contributed by atoms with Crippen LogP contribution in [0.1, 0.15) is 48.5 Å². The van der Waals surface area contributed by atoms with Crippen LogP contribution in [0.2, 0.25) is 0 Å². The van der Waals surface area contributed by atoms with Crippen molar-refractivity contribution >= 4 is 11.8 Å².